The van der Waals surface area contributed by atoms with Gasteiger partial charge in [0.05, 0.1) is 10.6 Å². The van der Waals surface area contributed by atoms with Crippen LogP contribution in [0.5, 0.6) is 0 Å². The highest BCUT2D eigenvalue weighted by Crippen LogP contribution is 2.28. The Morgan fingerprint density at radius 2 is 1.45 bits per heavy atom. The van der Waals surface area contributed by atoms with Crippen LogP contribution >= 0.6 is 23.2 Å². The maximum Gasteiger partial charge on any atom is 0.264 e. The van der Waals surface area contributed by atoms with Gasteiger partial charge in [-0.3, -0.25) is 13.9 Å². The molecule has 0 fully saturated rings. The molecule has 10 heteroatoms. The first-order valence-electron chi connectivity index (χ1n) is 12.1. The molecule has 2 amide bonds. The van der Waals surface area contributed by atoms with Gasteiger partial charge in [-0.05, 0) is 64.1 Å². The molecule has 0 saturated carbocycles. The molecule has 0 aromatic heterocycles. The van der Waals surface area contributed by atoms with Crippen LogP contribution in [0.25, 0.3) is 0 Å². The minimum absolute atomic E-state index is 0.0473. The van der Waals surface area contributed by atoms with E-state index in [0.717, 1.165) is 9.87 Å². The molecule has 7 nitrogen and oxygen atoms in total. The van der Waals surface area contributed by atoms with Crippen molar-refractivity contribution in [2.75, 3.05) is 10.8 Å². The molecule has 0 heterocycles. The zero-order chi connectivity index (χ0) is 28.0. The van der Waals surface area contributed by atoms with Crippen molar-refractivity contribution in [3.63, 3.8) is 0 Å². The summed E-state index contributed by atoms with van der Waals surface area (Å²) in [5, 5.41) is 3.47. The van der Waals surface area contributed by atoms with E-state index >= 15 is 0 Å². The fourth-order valence-electron chi connectivity index (χ4n) is 3.80. The lowest BCUT2D eigenvalue weighted by molar-refractivity contribution is -0.139. The molecular formula is C28H31Cl2N3O4S. The van der Waals surface area contributed by atoms with E-state index < -0.39 is 28.5 Å². The van der Waals surface area contributed by atoms with Gasteiger partial charge in [-0.25, -0.2) is 8.42 Å². The molecule has 202 valence electrons. The number of carbonyl (C=O) groups excluding carboxylic acids is 2. The third-order valence-electron chi connectivity index (χ3n) is 5.92. The number of nitrogens with zero attached hydrogens (tertiary/aromatic N) is 2. The molecular weight excluding hydrogens is 545 g/mol. The van der Waals surface area contributed by atoms with Crippen molar-refractivity contribution in [2.45, 2.75) is 51.2 Å². The number of anilines is 1. The van der Waals surface area contributed by atoms with Gasteiger partial charge in [0.15, 0.2) is 0 Å². The van der Waals surface area contributed by atoms with Crippen molar-refractivity contribution >= 4 is 50.7 Å². The van der Waals surface area contributed by atoms with E-state index in [9.17, 15) is 18.0 Å². The van der Waals surface area contributed by atoms with E-state index in [4.69, 9.17) is 23.2 Å². The number of sulfonamides is 1. The topological polar surface area (TPSA) is 86.8 Å². The number of hydrogen-bond acceptors (Lipinski definition) is 4. The quantitative estimate of drug-likeness (QED) is 0.348. The third-order valence-corrected chi connectivity index (χ3v) is 8.42. The first kappa shape index (κ1) is 29.5. The monoisotopic (exact) mass is 575 g/mol. The minimum atomic E-state index is -4.12. The number of amides is 2. The number of carbonyl (C=O) groups is 2. The van der Waals surface area contributed by atoms with Crippen LogP contribution in [-0.4, -0.2) is 43.8 Å². The molecule has 0 aliphatic carbocycles. The summed E-state index contributed by atoms with van der Waals surface area (Å²) >= 11 is 12.8. The number of hydrogen-bond donors (Lipinski definition) is 1. The zero-order valence-electron chi connectivity index (χ0n) is 21.7. The normalized spacial score (nSPS) is 12.2. The van der Waals surface area contributed by atoms with Crippen molar-refractivity contribution in [1.82, 2.24) is 10.2 Å². The molecule has 3 aromatic carbocycles. The number of benzene rings is 3. The molecule has 3 rings (SSSR count). The van der Waals surface area contributed by atoms with Crippen LogP contribution in [0.1, 0.15) is 31.9 Å². The number of nitrogens with one attached hydrogen (secondary N) is 1. The Balaban J connectivity index is 2.04. The maximum atomic E-state index is 13.9. The minimum Gasteiger partial charge on any atom is -0.352 e. The van der Waals surface area contributed by atoms with Gasteiger partial charge < -0.3 is 10.2 Å². The summed E-state index contributed by atoms with van der Waals surface area (Å²) in [5.74, 6) is -0.976. The van der Waals surface area contributed by atoms with Gasteiger partial charge >= 0.3 is 0 Å². The predicted octanol–water partition coefficient (Wildman–Crippen LogP) is 5.44. The first-order chi connectivity index (χ1) is 17.9. The fourth-order valence-corrected chi connectivity index (χ4v) is 5.73. The second-order valence-corrected chi connectivity index (χ2v) is 11.9. The molecule has 0 spiro atoms. The molecule has 1 unspecified atom stereocenters. The Labute approximate surface area is 234 Å². The standard InChI is InChI=1S/C28H31Cl2N3O4S/c1-19(2)31-28(35)21(4)32(17-24-25(29)11-8-12-26(24)30)27(34)18-33(22-9-6-5-7-10-22)38(36,37)23-15-13-20(3)14-16-23/h5-16,19,21H,17-18H2,1-4H3,(H,31,35). The van der Waals surface area contributed by atoms with Gasteiger partial charge in [-0.2, -0.15) is 0 Å². The zero-order valence-corrected chi connectivity index (χ0v) is 24.0. The summed E-state index contributed by atoms with van der Waals surface area (Å²) in [6.45, 7) is 6.44. The maximum absolute atomic E-state index is 13.9. The van der Waals surface area contributed by atoms with Crippen LogP contribution in [0, 0.1) is 6.92 Å². The summed E-state index contributed by atoms with van der Waals surface area (Å²) in [5.41, 5.74) is 1.68. The van der Waals surface area contributed by atoms with Crippen LogP contribution in [-0.2, 0) is 26.2 Å². The Hall–Kier alpha value is -3.07. The van der Waals surface area contributed by atoms with E-state index in [0.29, 0.717) is 21.3 Å². The highest BCUT2D eigenvalue weighted by Gasteiger charge is 2.33. The van der Waals surface area contributed by atoms with Crippen molar-refractivity contribution < 1.29 is 18.0 Å². The van der Waals surface area contributed by atoms with Gasteiger partial charge in [0.1, 0.15) is 12.6 Å². The molecule has 1 atom stereocenters. The molecule has 0 bridgehead atoms. The van der Waals surface area contributed by atoms with Crippen molar-refractivity contribution in [2.24, 2.45) is 0 Å². The largest absolute Gasteiger partial charge is 0.352 e. The van der Waals surface area contributed by atoms with E-state index in [1.165, 1.54) is 17.0 Å². The van der Waals surface area contributed by atoms with Gasteiger partial charge in [0, 0.05) is 28.2 Å². The molecule has 3 aromatic rings. The second kappa shape index (κ2) is 12.7. The number of aryl methyl sites for hydroxylation is 1. The lowest BCUT2D eigenvalue weighted by atomic mass is 10.1. The van der Waals surface area contributed by atoms with Gasteiger partial charge in [0.2, 0.25) is 11.8 Å². The van der Waals surface area contributed by atoms with Crippen LogP contribution < -0.4 is 9.62 Å². The number of para-hydroxylation sites is 1. The van der Waals surface area contributed by atoms with E-state index in [2.05, 4.69) is 5.32 Å². The van der Waals surface area contributed by atoms with Gasteiger partial charge in [-0.15, -0.1) is 0 Å². The average Bonchev–Trinajstić information content (AvgIpc) is 2.87. The summed E-state index contributed by atoms with van der Waals surface area (Å²) in [4.78, 5) is 28.2. The van der Waals surface area contributed by atoms with Crippen LogP contribution in [0.15, 0.2) is 77.7 Å². The fraction of sp³-hybridized carbons (Fsp3) is 0.286. The molecule has 0 aliphatic heterocycles. The first-order valence-corrected chi connectivity index (χ1v) is 14.3. The molecule has 0 aliphatic rings. The Morgan fingerprint density at radius 3 is 2.00 bits per heavy atom. The number of halogens is 2. The second-order valence-electron chi connectivity index (χ2n) is 9.22. The summed E-state index contributed by atoms with van der Waals surface area (Å²) in [6, 6.07) is 18.6. The Bertz CT molecular complexity index is 1360. The van der Waals surface area contributed by atoms with Gasteiger partial charge in [0.25, 0.3) is 10.0 Å². The van der Waals surface area contributed by atoms with Gasteiger partial charge in [-0.1, -0.05) is 65.2 Å². The smallest absolute Gasteiger partial charge is 0.264 e. The molecule has 38 heavy (non-hydrogen) atoms. The molecule has 0 radical (unpaired) electrons. The average molecular weight is 577 g/mol. The Kier molecular flexibility index (Phi) is 9.82. The summed E-state index contributed by atoms with van der Waals surface area (Å²) in [7, 11) is -4.12. The lowest BCUT2D eigenvalue weighted by Crippen LogP contribution is -2.52. The Morgan fingerprint density at radius 1 is 0.868 bits per heavy atom. The lowest BCUT2D eigenvalue weighted by Gasteiger charge is -2.32. The SMILES string of the molecule is Cc1ccc(S(=O)(=O)N(CC(=O)N(Cc2c(Cl)cccc2Cl)C(C)C(=O)NC(C)C)c2ccccc2)cc1. The third kappa shape index (κ3) is 7.07. The molecule has 0 saturated heterocycles. The van der Waals surface area contributed by atoms with E-state index in [-0.39, 0.29) is 23.4 Å². The summed E-state index contributed by atoms with van der Waals surface area (Å²) in [6.07, 6.45) is 0. The number of rotatable bonds is 10. The van der Waals surface area contributed by atoms with E-state index in [1.54, 1.807) is 67.6 Å². The highest BCUT2D eigenvalue weighted by atomic mass is 35.5. The van der Waals surface area contributed by atoms with Crippen LogP contribution in [0.3, 0.4) is 0 Å². The highest BCUT2D eigenvalue weighted by molar-refractivity contribution is 7.92. The predicted molar refractivity (Wildman–Crippen MR) is 152 cm³/mol. The van der Waals surface area contributed by atoms with Crippen LogP contribution in [0.2, 0.25) is 10.0 Å². The molecule has 1 N–H and O–H groups in total. The van der Waals surface area contributed by atoms with Crippen molar-refractivity contribution in [3.05, 3.63) is 94.0 Å². The van der Waals surface area contributed by atoms with Crippen molar-refractivity contribution in [1.29, 1.82) is 0 Å². The van der Waals surface area contributed by atoms with Crippen LogP contribution in [0.4, 0.5) is 5.69 Å². The summed E-state index contributed by atoms with van der Waals surface area (Å²) < 4.78 is 28.6. The van der Waals surface area contributed by atoms with E-state index in [1.807, 2.05) is 20.8 Å². The van der Waals surface area contributed by atoms with Crippen molar-refractivity contribution in [3.8, 4) is 0 Å².